The van der Waals surface area contributed by atoms with Gasteiger partial charge in [-0.3, -0.25) is 9.59 Å². The number of ketones is 1. The van der Waals surface area contributed by atoms with Gasteiger partial charge in [0.2, 0.25) is 0 Å². The number of fused-ring (bicyclic) bond motifs is 5. The largest absolute Gasteiger partial charge is 0.462 e. The average molecular weight is 393 g/mol. The van der Waals surface area contributed by atoms with Gasteiger partial charge in [0.1, 0.15) is 11.9 Å². The standard InChI is InChI=1S/C23H33ClO3/c1-13(25)21-20(24)12-19-17-6-5-15-11-16(27-14(2)26)7-9-22(15,3)18(17)8-10-23(19,21)4/h5,16-21H,6-12H2,1-4H3/t16-,17-,18+,19-,20-,21+,22-,23-/m1/s1. The van der Waals surface area contributed by atoms with Crippen LogP contribution >= 0.6 is 11.6 Å². The molecule has 0 bridgehead atoms. The molecule has 0 aromatic heterocycles. The van der Waals surface area contributed by atoms with E-state index in [0.29, 0.717) is 17.8 Å². The van der Waals surface area contributed by atoms with Crippen molar-refractivity contribution in [2.45, 2.75) is 84.1 Å². The highest BCUT2D eigenvalue weighted by atomic mass is 35.5. The monoisotopic (exact) mass is 392 g/mol. The van der Waals surface area contributed by atoms with Crippen LogP contribution in [0.2, 0.25) is 0 Å². The van der Waals surface area contributed by atoms with Crippen molar-refractivity contribution in [3.8, 4) is 0 Å². The molecule has 0 radical (unpaired) electrons. The number of rotatable bonds is 2. The van der Waals surface area contributed by atoms with Crippen LogP contribution in [0.5, 0.6) is 0 Å². The fourth-order valence-electron chi connectivity index (χ4n) is 7.65. The molecule has 8 atom stereocenters. The van der Waals surface area contributed by atoms with E-state index >= 15 is 0 Å². The van der Waals surface area contributed by atoms with Gasteiger partial charge < -0.3 is 4.74 Å². The van der Waals surface area contributed by atoms with Crippen LogP contribution in [-0.4, -0.2) is 23.2 Å². The average Bonchev–Trinajstić information content (AvgIpc) is 2.85. The summed E-state index contributed by atoms with van der Waals surface area (Å²) in [5.74, 6) is 1.98. The van der Waals surface area contributed by atoms with Gasteiger partial charge in [0.05, 0.1) is 0 Å². The SMILES string of the molecule is CC(=O)O[C@@H]1CC[C@]2(C)C(=CC[C@H]3[C@H]4C[C@@H](Cl)[C@H](C(C)=O)[C@]4(C)CC[C@@H]32)C1. The number of alkyl halides is 1. The minimum absolute atomic E-state index is 0.00543. The molecule has 0 unspecified atom stereocenters. The molecule has 27 heavy (non-hydrogen) atoms. The zero-order valence-corrected chi connectivity index (χ0v) is 17.8. The first kappa shape index (κ1) is 19.5. The van der Waals surface area contributed by atoms with E-state index in [4.69, 9.17) is 16.3 Å². The molecule has 4 rings (SSSR count). The van der Waals surface area contributed by atoms with E-state index in [1.807, 2.05) is 0 Å². The number of halogens is 1. The molecule has 0 spiro atoms. The van der Waals surface area contributed by atoms with Crippen LogP contribution < -0.4 is 0 Å². The Morgan fingerprint density at radius 3 is 2.56 bits per heavy atom. The summed E-state index contributed by atoms with van der Waals surface area (Å²) in [5, 5.41) is -0.00543. The molecule has 3 saturated carbocycles. The Kier molecular flexibility index (Phi) is 4.77. The van der Waals surface area contributed by atoms with Crippen molar-refractivity contribution in [3.05, 3.63) is 11.6 Å². The molecule has 150 valence electrons. The van der Waals surface area contributed by atoms with Crippen molar-refractivity contribution in [2.75, 3.05) is 0 Å². The van der Waals surface area contributed by atoms with Gasteiger partial charge in [-0.25, -0.2) is 0 Å². The van der Waals surface area contributed by atoms with Crippen molar-refractivity contribution >= 4 is 23.4 Å². The molecule has 0 aromatic carbocycles. The van der Waals surface area contributed by atoms with Crippen LogP contribution in [0.25, 0.3) is 0 Å². The lowest BCUT2D eigenvalue weighted by Gasteiger charge is -2.57. The van der Waals surface area contributed by atoms with Gasteiger partial charge in [0.15, 0.2) is 0 Å². The predicted molar refractivity (Wildman–Crippen MR) is 106 cm³/mol. The normalized spacial score (nSPS) is 48.7. The van der Waals surface area contributed by atoms with Gasteiger partial charge in [-0.05, 0) is 74.0 Å². The summed E-state index contributed by atoms with van der Waals surface area (Å²) in [6.45, 7) is 8.02. The second-order valence-corrected chi connectivity index (χ2v) is 10.7. The number of hydrogen-bond acceptors (Lipinski definition) is 3. The zero-order chi connectivity index (χ0) is 19.6. The molecule has 0 N–H and O–H groups in total. The van der Waals surface area contributed by atoms with Gasteiger partial charge in [0.25, 0.3) is 0 Å². The highest BCUT2D eigenvalue weighted by molar-refractivity contribution is 6.22. The Balaban J connectivity index is 1.61. The second kappa shape index (κ2) is 6.61. The minimum atomic E-state index is -0.166. The maximum absolute atomic E-state index is 12.4. The summed E-state index contributed by atoms with van der Waals surface area (Å²) in [6, 6.07) is 0. The number of hydrogen-bond donors (Lipinski definition) is 0. The summed E-state index contributed by atoms with van der Waals surface area (Å²) in [7, 11) is 0. The Bertz CT molecular complexity index is 685. The lowest BCUT2D eigenvalue weighted by Crippen LogP contribution is -2.51. The molecule has 4 aliphatic carbocycles. The molecule has 3 fully saturated rings. The number of allylic oxidation sites excluding steroid dienone is 1. The summed E-state index contributed by atoms with van der Waals surface area (Å²) in [5.41, 5.74) is 1.79. The lowest BCUT2D eigenvalue weighted by molar-refractivity contribution is -0.149. The summed E-state index contributed by atoms with van der Waals surface area (Å²) in [4.78, 5) is 23.7. The third-order valence-electron chi connectivity index (χ3n) is 8.82. The zero-order valence-electron chi connectivity index (χ0n) is 17.1. The molecule has 0 aliphatic heterocycles. The van der Waals surface area contributed by atoms with Crippen molar-refractivity contribution in [1.82, 2.24) is 0 Å². The van der Waals surface area contributed by atoms with Crippen LogP contribution in [0.3, 0.4) is 0 Å². The smallest absolute Gasteiger partial charge is 0.302 e. The Labute approximate surface area is 168 Å². The van der Waals surface area contributed by atoms with Crippen molar-refractivity contribution in [3.63, 3.8) is 0 Å². The molecular weight excluding hydrogens is 360 g/mol. The maximum atomic E-state index is 12.4. The Hall–Kier alpha value is -0.830. The van der Waals surface area contributed by atoms with Gasteiger partial charge in [-0.1, -0.05) is 25.5 Å². The Morgan fingerprint density at radius 2 is 1.89 bits per heavy atom. The molecule has 4 heteroatoms. The molecule has 3 nitrogen and oxygen atoms in total. The van der Waals surface area contributed by atoms with Gasteiger partial charge in [-0.15, -0.1) is 11.6 Å². The highest BCUT2D eigenvalue weighted by Crippen LogP contribution is 2.67. The van der Waals surface area contributed by atoms with E-state index in [-0.39, 0.29) is 40.0 Å². The summed E-state index contributed by atoms with van der Waals surface area (Å²) < 4.78 is 5.53. The lowest BCUT2D eigenvalue weighted by atomic mass is 9.47. The molecule has 4 aliphatic rings. The van der Waals surface area contributed by atoms with Gasteiger partial charge in [0, 0.05) is 24.6 Å². The van der Waals surface area contributed by atoms with E-state index in [9.17, 15) is 9.59 Å². The minimum Gasteiger partial charge on any atom is -0.462 e. The van der Waals surface area contributed by atoms with E-state index in [1.54, 1.807) is 6.92 Å². The third-order valence-corrected chi connectivity index (χ3v) is 9.25. The fourth-order valence-corrected chi connectivity index (χ4v) is 8.31. The van der Waals surface area contributed by atoms with E-state index in [2.05, 4.69) is 19.9 Å². The predicted octanol–water partition coefficient (Wildman–Crippen LogP) is 5.30. The summed E-state index contributed by atoms with van der Waals surface area (Å²) >= 11 is 6.72. The fraction of sp³-hybridized carbons (Fsp3) is 0.826. The number of carbonyl (C=O) groups excluding carboxylic acids is 2. The third kappa shape index (κ3) is 2.91. The molecule has 0 aromatic rings. The van der Waals surface area contributed by atoms with Crippen LogP contribution in [-0.2, 0) is 14.3 Å². The molecule has 0 saturated heterocycles. The van der Waals surface area contributed by atoms with E-state index in [0.717, 1.165) is 38.5 Å². The number of ether oxygens (including phenoxy) is 1. The van der Waals surface area contributed by atoms with Crippen LogP contribution in [0.15, 0.2) is 11.6 Å². The second-order valence-electron chi connectivity index (χ2n) is 10.1. The van der Waals surface area contributed by atoms with Gasteiger partial charge in [-0.2, -0.15) is 0 Å². The van der Waals surface area contributed by atoms with E-state index < -0.39 is 0 Å². The number of Topliss-reactive ketones (excluding diaryl/α,β-unsaturated/α-hetero) is 1. The molecule has 0 amide bonds. The first-order valence-electron chi connectivity index (χ1n) is 10.7. The van der Waals surface area contributed by atoms with E-state index in [1.165, 1.54) is 18.9 Å². The summed E-state index contributed by atoms with van der Waals surface area (Å²) in [6.07, 6.45) is 9.85. The maximum Gasteiger partial charge on any atom is 0.302 e. The van der Waals surface area contributed by atoms with Gasteiger partial charge >= 0.3 is 5.97 Å². The number of carbonyl (C=O) groups is 2. The quantitative estimate of drug-likeness (QED) is 0.363. The molecular formula is C23H33ClO3. The van der Waals surface area contributed by atoms with Crippen molar-refractivity contribution < 1.29 is 14.3 Å². The van der Waals surface area contributed by atoms with Crippen LogP contribution in [0.1, 0.15) is 72.6 Å². The topological polar surface area (TPSA) is 43.4 Å². The highest BCUT2D eigenvalue weighted by Gasteiger charge is 2.61. The first-order chi connectivity index (χ1) is 12.7. The van der Waals surface area contributed by atoms with Crippen molar-refractivity contribution in [1.29, 1.82) is 0 Å². The first-order valence-corrected chi connectivity index (χ1v) is 11.1. The molecule has 0 heterocycles. The van der Waals surface area contributed by atoms with Crippen LogP contribution in [0.4, 0.5) is 0 Å². The number of esters is 1. The van der Waals surface area contributed by atoms with Crippen molar-refractivity contribution in [2.24, 2.45) is 34.5 Å². The Morgan fingerprint density at radius 1 is 1.15 bits per heavy atom. The van der Waals surface area contributed by atoms with Crippen LogP contribution in [0, 0.1) is 34.5 Å².